The first-order valence-corrected chi connectivity index (χ1v) is 15.1. The average Bonchev–Trinajstić information content (AvgIpc) is 2.99. The van der Waals surface area contributed by atoms with Gasteiger partial charge >= 0.3 is 12.1 Å². The molecule has 0 saturated carbocycles. The molecule has 2 fully saturated rings. The maximum atomic E-state index is 13.7. The van der Waals surface area contributed by atoms with E-state index in [1.807, 2.05) is 47.1 Å². The monoisotopic (exact) mass is 596 g/mol. The number of nitrogen functional groups attached to an aromatic ring is 1. The first kappa shape index (κ1) is 30.0. The number of aryl methyl sites for hydroxylation is 1. The number of benzene rings is 2. The van der Waals surface area contributed by atoms with Gasteiger partial charge in [-0.2, -0.15) is 0 Å². The van der Waals surface area contributed by atoms with Crippen LogP contribution in [0.25, 0.3) is 0 Å². The van der Waals surface area contributed by atoms with Crippen molar-refractivity contribution in [3.63, 3.8) is 0 Å². The highest BCUT2D eigenvalue weighted by Crippen LogP contribution is 2.29. The van der Waals surface area contributed by atoms with Gasteiger partial charge in [-0.25, -0.2) is 9.59 Å². The quantitative estimate of drug-likeness (QED) is 0.480. The summed E-state index contributed by atoms with van der Waals surface area (Å²) in [5.74, 6) is -0.190. The molecule has 5 rings (SSSR count). The predicted octanol–water partition coefficient (Wildman–Crippen LogP) is 4.34. The van der Waals surface area contributed by atoms with E-state index in [4.69, 9.17) is 22.1 Å². The molecule has 0 unspecified atom stereocenters. The Bertz CT molecular complexity index is 1300. The van der Waals surface area contributed by atoms with E-state index < -0.39 is 12.2 Å². The molecule has 1 atom stereocenters. The van der Waals surface area contributed by atoms with Gasteiger partial charge in [0.15, 0.2) is 6.10 Å². The van der Waals surface area contributed by atoms with Crippen LogP contribution in [0.15, 0.2) is 36.4 Å². The Labute approximate surface area is 252 Å². The topological polar surface area (TPSA) is 111 Å². The summed E-state index contributed by atoms with van der Waals surface area (Å²) < 4.78 is 5.96. The van der Waals surface area contributed by atoms with E-state index in [1.165, 1.54) is 0 Å². The molecule has 2 saturated heterocycles. The molecule has 3 aliphatic heterocycles. The fraction of sp³-hybridized carbons (Fsp3) is 0.516. The summed E-state index contributed by atoms with van der Waals surface area (Å²) in [5, 5.41) is 3.39. The lowest BCUT2D eigenvalue weighted by atomic mass is 10.0. The molecule has 226 valence electrons. The number of likely N-dealkylation sites (tertiary alicyclic amines) is 2. The van der Waals surface area contributed by atoms with Crippen LogP contribution in [0.2, 0.25) is 5.02 Å². The molecule has 0 spiro atoms. The van der Waals surface area contributed by atoms with Crippen LogP contribution in [0.1, 0.15) is 42.4 Å². The van der Waals surface area contributed by atoms with Crippen molar-refractivity contribution in [1.29, 1.82) is 0 Å². The number of piperidine rings is 2. The Hall–Kier alpha value is -3.50. The molecule has 2 aromatic carbocycles. The van der Waals surface area contributed by atoms with Crippen LogP contribution in [0.5, 0.6) is 0 Å². The van der Waals surface area contributed by atoms with Gasteiger partial charge in [0.25, 0.3) is 5.91 Å². The van der Waals surface area contributed by atoms with Crippen LogP contribution in [0.3, 0.4) is 0 Å². The van der Waals surface area contributed by atoms with Gasteiger partial charge in [-0.1, -0.05) is 35.9 Å². The van der Waals surface area contributed by atoms with Crippen molar-refractivity contribution in [3.05, 3.63) is 58.1 Å². The van der Waals surface area contributed by atoms with E-state index in [9.17, 15) is 14.4 Å². The standard InChI is InChI=1S/C31H41ClN6O4/c1-20-16-21(17-25(32)28(20)33)18-27(29(39)36-12-8-23(9-13-36)35(2)3)42-31(41)37-14-10-24(11-15-37)38-19-22-6-4-5-7-26(22)34-30(38)40/h4-7,16-17,23-24,27H,8-15,18-19,33H2,1-3H3,(H,34,40)/t27-/m1/s1. The number of hydrogen-bond acceptors (Lipinski definition) is 6. The normalized spacial score (nSPS) is 19.0. The van der Waals surface area contributed by atoms with Crippen LogP contribution >= 0.6 is 11.6 Å². The Morgan fingerprint density at radius 1 is 1.07 bits per heavy atom. The fourth-order valence-electron chi connectivity index (χ4n) is 6.22. The van der Waals surface area contributed by atoms with Crippen molar-refractivity contribution >= 4 is 41.0 Å². The highest BCUT2D eigenvalue weighted by atomic mass is 35.5. The van der Waals surface area contributed by atoms with Gasteiger partial charge in [0.2, 0.25) is 0 Å². The highest BCUT2D eigenvalue weighted by molar-refractivity contribution is 6.33. The lowest BCUT2D eigenvalue weighted by molar-refractivity contribution is -0.142. The summed E-state index contributed by atoms with van der Waals surface area (Å²) in [6.45, 7) is 4.52. The van der Waals surface area contributed by atoms with Crippen LogP contribution < -0.4 is 11.1 Å². The second-order valence-corrected chi connectivity index (χ2v) is 12.2. The fourth-order valence-corrected chi connectivity index (χ4v) is 6.51. The molecule has 42 heavy (non-hydrogen) atoms. The highest BCUT2D eigenvalue weighted by Gasteiger charge is 2.36. The number of urea groups is 1. The number of ether oxygens (including phenoxy) is 1. The second kappa shape index (κ2) is 12.8. The number of anilines is 2. The summed E-state index contributed by atoms with van der Waals surface area (Å²) in [7, 11) is 4.11. The van der Waals surface area contributed by atoms with Crippen LogP contribution in [0.4, 0.5) is 21.0 Å². The van der Waals surface area contributed by atoms with Gasteiger partial charge in [-0.05, 0) is 75.5 Å². The van der Waals surface area contributed by atoms with Crippen LogP contribution in [-0.4, -0.2) is 96.1 Å². The number of nitrogens with two attached hydrogens (primary N) is 1. The zero-order valence-corrected chi connectivity index (χ0v) is 25.4. The van der Waals surface area contributed by atoms with Crippen molar-refractivity contribution in [1.82, 2.24) is 19.6 Å². The lowest BCUT2D eigenvalue weighted by Gasteiger charge is -2.40. The smallest absolute Gasteiger partial charge is 0.410 e. The van der Waals surface area contributed by atoms with Gasteiger partial charge < -0.3 is 35.4 Å². The largest absolute Gasteiger partial charge is 0.436 e. The Balaban J connectivity index is 1.24. The first-order chi connectivity index (χ1) is 20.1. The van der Waals surface area contributed by atoms with Crippen LogP contribution in [-0.2, 0) is 22.5 Å². The molecule has 0 radical (unpaired) electrons. The number of hydrogen-bond donors (Lipinski definition) is 2. The van der Waals surface area contributed by atoms with E-state index in [-0.39, 0.29) is 24.4 Å². The third-order valence-corrected chi connectivity index (χ3v) is 9.18. The van der Waals surface area contributed by atoms with Crippen molar-refractivity contribution in [2.75, 3.05) is 51.3 Å². The number of halogens is 1. The molecule has 11 heteroatoms. The molecule has 3 aliphatic rings. The first-order valence-electron chi connectivity index (χ1n) is 14.7. The minimum absolute atomic E-state index is 0.0118. The lowest BCUT2D eigenvalue weighted by Crippen LogP contribution is -2.52. The SMILES string of the molecule is Cc1cc(C[C@@H](OC(=O)N2CCC(N3Cc4ccccc4NC3=O)CC2)C(=O)N2CCC(N(C)C)CC2)cc(Cl)c1N. The Morgan fingerprint density at radius 3 is 2.40 bits per heavy atom. The molecule has 3 heterocycles. The molecular formula is C31H41ClN6O4. The third kappa shape index (κ3) is 6.60. The number of nitrogens with one attached hydrogen (secondary N) is 1. The second-order valence-electron chi connectivity index (χ2n) is 11.8. The number of amides is 4. The maximum absolute atomic E-state index is 13.7. The molecule has 10 nitrogen and oxygen atoms in total. The van der Waals surface area contributed by atoms with Crippen molar-refractivity contribution < 1.29 is 19.1 Å². The van der Waals surface area contributed by atoms with Gasteiger partial charge in [-0.3, -0.25) is 4.79 Å². The number of fused-ring (bicyclic) bond motifs is 1. The number of para-hydroxylation sites is 1. The minimum Gasteiger partial charge on any atom is -0.436 e. The Morgan fingerprint density at radius 2 is 1.74 bits per heavy atom. The predicted molar refractivity (Wildman–Crippen MR) is 163 cm³/mol. The van der Waals surface area contributed by atoms with E-state index in [0.717, 1.165) is 35.2 Å². The molecule has 0 aromatic heterocycles. The summed E-state index contributed by atoms with van der Waals surface area (Å²) in [6, 6.07) is 11.7. The van der Waals surface area contributed by atoms with Gasteiger partial charge in [0, 0.05) is 56.9 Å². The Kier molecular flexibility index (Phi) is 9.13. The van der Waals surface area contributed by atoms with Crippen molar-refractivity contribution in [2.45, 2.75) is 63.8 Å². The zero-order valence-electron chi connectivity index (χ0n) is 24.6. The van der Waals surface area contributed by atoms with Gasteiger partial charge in [0.1, 0.15) is 0 Å². The molecule has 4 amide bonds. The summed E-state index contributed by atoms with van der Waals surface area (Å²) in [5.41, 5.74) is 10.1. The third-order valence-electron chi connectivity index (χ3n) is 8.87. The van der Waals surface area contributed by atoms with E-state index >= 15 is 0 Å². The van der Waals surface area contributed by atoms with E-state index in [1.54, 1.807) is 11.0 Å². The minimum atomic E-state index is -0.977. The summed E-state index contributed by atoms with van der Waals surface area (Å²) >= 11 is 6.35. The molecule has 0 aliphatic carbocycles. The molecule has 3 N–H and O–H groups in total. The maximum Gasteiger partial charge on any atom is 0.410 e. The molecule has 2 aromatic rings. The summed E-state index contributed by atoms with van der Waals surface area (Å²) in [4.78, 5) is 47.4. The number of rotatable bonds is 6. The van der Waals surface area contributed by atoms with Crippen LogP contribution in [0, 0.1) is 6.92 Å². The van der Waals surface area contributed by atoms with E-state index in [0.29, 0.717) is 62.3 Å². The number of carbonyl (C=O) groups excluding carboxylic acids is 3. The number of nitrogens with zero attached hydrogens (tertiary/aromatic N) is 4. The zero-order chi connectivity index (χ0) is 30.0. The molecular weight excluding hydrogens is 556 g/mol. The average molecular weight is 597 g/mol. The van der Waals surface area contributed by atoms with E-state index in [2.05, 4.69) is 24.3 Å². The van der Waals surface area contributed by atoms with Gasteiger partial charge in [0.05, 0.1) is 10.7 Å². The van der Waals surface area contributed by atoms with Gasteiger partial charge in [-0.15, -0.1) is 0 Å². The number of carbonyl (C=O) groups is 3. The van der Waals surface area contributed by atoms with Crippen molar-refractivity contribution in [3.8, 4) is 0 Å². The van der Waals surface area contributed by atoms with Crippen molar-refractivity contribution in [2.24, 2.45) is 0 Å². The summed E-state index contributed by atoms with van der Waals surface area (Å²) in [6.07, 6.45) is 1.73. The molecule has 0 bridgehead atoms.